The summed E-state index contributed by atoms with van der Waals surface area (Å²) < 4.78 is 10.7. The van der Waals surface area contributed by atoms with Gasteiger partial charge in [-0.3, -0.25) is 10.1 Å². The molecule has 2 aromatic rings. The van der Waals surface area contributed by atoms with Gasteiger partial charge in [-0.25, -0.2) is 4.79 Å². The van der Waals surface area contributed by atoms with E-state index in [0.29, 0.717) is 41.9 Å². The number of carbonyl (C=O) groups excluding carboxylic acids is 2. The predicted molar refractivity (Wildman–Crippen MR) is 165 cm³/mol. The van der Waals surface area contributed by atoms with Gasteiger partial charge in [0.15, 0.2) is 6.73 Å². The van der Waals surface area contributed by atoms with Crippen molar-refractivity contribution in [2.24, 2.45) is 15.3 Å². The van der Waals surface area contributed by atoms with E-state index in [-0.39, 0.29) is 37.8 Å². The zero-order valence-corrected chi connectivity index (χ0v) is 24.6. The Morgan fingerprint density at radius 1 is 0.956 bits per heavy atom. The highest BCUT2D eigenvalue weighted by Gasteiger charge is 2.39. The van der Waals surface area contributed by atoms with E-state index in [4.69, 9.17) is 31.5 Å². The lowest BCUT2D eigenvalue weighted by Gasteiger charge is -2.36. The van der Waals surface area contributed by atoms with Gasteiger partial charge in [0.2, 0.25) is 0 Å². The average molecular weight is 613 g/mol. The molecule has 0 aliphatic heterocycles. The molecule has 0 aromatic heterocycles. The first-order valence-electron chi connectivity index (χ1n) is 14.2. The number of ether oxygens (including phenoxy) is 2. The average Bonchev–Trinajstić information content (AvgIpc) is 3.89. The molecule has 45 heavy (non-hydrogen) atoms. The van der Waals surface area contributed by atoms with Gasteiger partial charge in [0.1, 0.15) is 11.4 Å². The molecule has 232 valence electrons. The zero-order chi connectivity index (χ0) is 32.2. The molecule has 0 bridgehead atoms. The maximum atomic E-state index is 13.8. The van der Waals surface area contributed by atoms with Crippen molar-refractivity contribution in [3.8, 4) is 16.9 Å². The zero-order valence-electron chi connectivity index (χ0n) is 24.6. The van der Waals surface area contributed by atoms with Crippen LogP contribution in [0.25, 0.3) is 42.5 Å². The molecule has 2 aliphatic carbocycles. The van der Waals surface area contributed by atoms with Crippen molar-refractivity contribution in [2.45, 2.75) is 56.7 Å². The van der Waals surface area contributed by atoms with Crippen LogP contribution in [0.4, 0.5) is 4.79 Å². The molecule has 4 rings (SSSR count). The van der Waals surface area contributed by atoms with Crippen molar-refractivity contribution in [2.75, 3.05) is 19.8 Å². The highest BCUT2D eigenvalue weighted by Crippen LogP contribution is 2.36. The lowest BCUT2D eigenvalue weighted by Crippen LogP contribution is -2.45. The minimum absolute atomic E-state index is 0.0807. The summed E-state index contributed by atoms with van der Waals surface area (Å²) in [4.78, 5) is 36.2. The Morgan fingerprint density at radius 3 is 2.13 bits per heavy atom. The van der Waals surface area contributed by atoms with Crippen LogP contribution in [0.5, 0.6) is 5.75 Å². The molecule has 2 fully saturated rings. The van der Waals surface area contributed by atoms with Crippen LogP contribution in [0.3, 0.4) is 0 Å². The number of nitrogens with one attached hydrogen (secondary N) is 2. The standard InChI is InChI=1S/C29H32N12O4/c1-29(16-35-38-31,17-36-39-32)45-28(43)34-15-22-14-24(10-13-26(22)30)41(23-8-9-23)27(42)21-4-2-19(3-5-21)20-6-11-25(12-7-20)44-18-37-40-33/h2-7,11-12,15,23-24,30H,8-10,13-14,16-18H2,1H3,(H,34,43)/b22-15-,30-26?. The fourth-order valence-electron chi connectivity index (χ4n) is 5.02. The van der Waals surface area contributed by atoms with E-state index in [1.165, 1.54) is 13.1 Å². The molecular weight excluding hydrogens is 580 g/mol. The van der Waals surface area contributed by atoms with E-state index in [1.54, 1.807) is 12.1 Å². The van der Waals surface area contributed by atoms with Crippen LogP contribution in [-0.4, -0.2) is 60.1 Å². The van der Waals surface area contributed by atoms with Gasteiger partial charge in [-0.05, 0) is 96.6 Å². The van der Waals surface area contributed by atoms with Crippen LogP contribution in [0.1, 0.15) is 49.4 Å². The first-order chi connectivity index (χ1) is 21.8. The highest BCUT2D eigenvalue weighted by molar-refractivity contribution is 6.00. The molecule has 0 heterocycles. The number of nitrogens with zero attached hydrogens (tertiary/aromatic N) is 10. The summed E-state index contributed by atoms with van der Waals surface area (Å²) in [5, 5.41) is 21.2. The predicted octanol–water partition coefficient (Wildman–Crippen LogP) is 7.17. The van der Waals surface area contributed by atoms with Crippen LogP contribution >= 0.6 is 0 Å². The summed E-state index contributed by atoms with van der Waals surface area (Å²) in [6, 6.07) is 14.7. The molecule has 1 unspecified atom stereocenters. The highest BCUT2D eigenvalue weighted by atomic mass is 16.6. The van der Waals surface area contributed by atoms with Gasteiger partial charge in [0.25, 0.3) is 5.91 Å². The number of rotatable bonds is 13. The van der Waals surface area contributed by atoms with Crippen LogP contribution in [0, 0.1) is 5.41 Å². The molecule has 1 atom stereocenters. The first kappa shape index (κ1) is 32.2. The van der Waals surface area contributed by atoms with Crippen LogP contribution in [0.15, 0.2) is 75.6 Å². The smallest absolute Gasteiger partial charge is 0.411 e. The third-order valence-corrected chi connectivity index (χ3v) is 7.45. The molecule has 16 nitrogen and oxygen atoms in total. The topological polar surface area (TPSA) is 238 Å². The van der Waals surface area contributed by atoms with E-state index >= 15 is 0 Å². The van der Waals surface area contributed by atoms with Crippen LogP contribution in [0.2, 0.25) is 0 Å². The molecule has 2 aliphatic rings. The van der Waals surface area contributed by atoms with Crippen molar-refractivity contribution in [1.29, 1.82) is 5.41 Å². The number of benzene rings is 2. The molecule has 2 aromatic carbocycles. The van der Waals surface area contributed by atoms with E-state index < -0.39 is 11.7 Å². The summed E-state index contributed by atoms with van der Waals surface area (Å²) in [5.74, 6) is 0.496. The lowest BCUT2D eigenvalue weighted by molar-refractivity contribution is 0.0402. The summed E-state index contributed by atoms with van der Waals surface area (Å²) >= 11 is 0. The Balaban J connectivity index is 1.42. The SMILES string of the molecule is CC(CN=[N+]=[N-])(CN=[N+]=[N-])OC(=O)N/C=C1/CC(N(C(=O)c2ccc(-c3ccc(OCN=[N+]=[N-])cc3)cc2)C2CC2)CCC1=N. The van der Waals surface area contributed by atoms with Crippen LogP contribution < -0.4 is 10.1 Å². The quantitative estimate of drug-likeness (QED) is 0.136. The molecule has 2 amide bonds. The van der Waals surface area contributed by atoms with Gasteiger partial charge < -0.3 is 19.8 Å². The first-order valence-corrected chi connectivity index (χ1v) is 14.2. The number of amides is 2. The Bertz CT molecular complexity index is 1560. The third-order valence-electron chi connectivity index (χ3n) is 7.45. The fraction of sp³-hybridized carbons (Fsp3) is 0.414. The number of hydrogen-bond donors (Lipinski definition) is 2. The van der Waals surface area contributed by atoms with Crippen molar-refractivity contribution in [3.05, 3.63) is 97.2 Å². The van der Waals surface area contributed by atoms with E-state index in [2.05, 4.69) is 35.4 Å². The Kier molecular flexibility index (Phi) is 10.9. The van der Waals surface area contributed by atoms with E-state index in [1.807, 2.05) is 41.3 Å². The molecule has 0 radical (unpaired) electrons. The monoisotopic (exact) mass is 612 g/mol. The maximum absolute atomic E-state index is 13.8. The lowest BCUT2D eigenvalue weighted by atomic mass is 9.88. The molecule has 2 saturated carbocycles. The number of azide groups is 3. The Hall–Kier alpha value is -5.68. The van der Waals surface area contributed by atoms with Crippen molar-refractivity contribution in [1.82, 2.24) is 10.2 Å². The van der Waals surface area contributed by atoms with Crippen molar-refractivity contribution < 1.29 is 19.1 Å². The van der Waals surface area contributed by atoms with E-state index in [0.717, 1.165) is 24.0 Å². The molecule has 0 spiro atoms. The minimum Gasteiger partial charge on any atom is -0.488 e. The van der Waals surface area contributed by atoms with Gasteiger partial charge in [-0.1, -0.05) is 39.6 Å². The van der Waals surface area contributed by atoms with Gasteiger partial charge >= 0.3 is 6.09 Å². The molecule has 2 N–H and O–H groups in total. The molecular formula is C29H32N12O4. The Labute approximate surface area is 258 Å². The van der Waals surface area contributed by atoms with Gasteiger partial charge in [0, 0.05) is 44.3 Å². The Morgan fingerprint density at radius 2 is 1.56 bits per heavy atom. The van der Waals surface area contributed by atoms with Gasteiger partial charge in [-0.15, -0.1) is 0 Å². The molecule has 16 heteroatoms. The summed E-state index contributed by atoms with van der Waals surface area (Å²) in [6.07, 6.45) is 3.83. The van der Waals surface area contributed by atoms with Crippen molar-refractivity contribution >= 4 is 17.7 Å². The second-order valence-electron chi connectivity index (χ2n) is 10.9. The maximum Gasteiger partial charge on any atom is 0.411 e. The normalized spacial score (nSPS) is 17.8. The summed E-state index contributed by atoms with van der Waals surface area (Å²) in [5.41, 5.74) is 27.7. The minimum atomic E-state index is -1.35. The van der Waals surface area contributed by atoms with Crippen molar-refractivity contribution in [3.63, 3.8) is 0 Å². The number of hydrogen-bond acceptors (Lipinski definition) is 8. The van der Waals surface area contributed by atoms with Gasteiger partial charge in [-0.2, -0.15) is 0 Å². The molecule has 0 saturated heterocycles. The second kappa shape index (κ2) is 15.2. The summed E-state index contributed by atoms with van der Waals surface area (Å²) in [7, 11) is 0. The third kappa shape index (κ3) is 8.91. The largest absolute Gasteiger partial charge is 0.488 e. The van der Waals surface area contributed by atoms with Crippen LogP contribution in [-0.2, 0) is 4.74 Å². The second-order valence-corrected chi connectivity index (χ2v) is 10.9. The van der Waals surface area contributed by atoms with E-state index in [9.17, 15) is 9.59 Å². The number of carbonyl (C=O) groups is 2. The summed E-state index contributed by atoms with van der Waals surface area (Å²) in [6.45, 7) is 0.928. The fourth-order valence-corrected chi connectivity index (χ4v) is 5.02. The van der Waals surface area contributed by atoms with Gasteiger partial charge in [0.05, 0.1) is 13.1 Å². The number of alkyl carbamates (subject to hydrolysis) is 1.